The molecule has 0 fully saturated rings. The average Bonchev–Trinajstić information content (AvgIpc) is 2.66. The molecule has 0 atom stereocenters. The number of fused-ring (bicyclic) bond motifs is 1. The molecule has 29 heavy (non-hydrogen) atoms. The molecule has 0 saturated carbocycles. The Morgan fingerprint density at radius 1 is 1.03 bits per heavy atom. The van der Waals surface area contributed by atoms with Gasteiger partial charge in [0.15, 0.2) is 0 Å². The summed E-state index contributed by atoms with van der Waals surface area (Å²) in [6.07, 6.45) is 3.59. The summed E-state index contributed by atoms with van der Waals surface area (Å²) in [7, 11) is 0. The van der Waals surface area contributed by atoms with E-state index >= 15 is 0 Å². The number of carboxylic acids is 1. The minimum atomic E-state index is -0.973. The van der Waals surface area contributed by atoms with Gasteiger partial charge in [-0.15, -0.1) is 0 Å². The van der Waals surface area contributed by atoms with Crippen molar-refractivity contribution in [1.29, 1.82) is 0 Å². The molecule has 1 N–H and O–H groups in total. The fourth-order valence-electron chi connectivity index (χ4n) is 3.88. The van der Waals surface area contributed by atoms with Crippen LogP contribution in [0.4, 0.5) is 0 Å². The third-order valence-electron chi connectivity index (χ3n) is 5.85. The molecule has 0 spiro atoms. The van der Waals surface area contributed by atoms with E-state index in [1.54, 1.807) is 0 Å². The third kappa shape index (κ3) is 4.84. The van der Waals surface area contributed by atoms with Gasteiger partial charge in [-0.05, 0) is 0 Å². The Labute approximate surface area is 180 Å². The SMILES string of the molecule is Cc1cc2c(cc1[Se]C#CC(=CC(=O)O)c1ccccc1)C(C)(C)CCC2(C)C. The van der Waals surface area contributed by atoms with E-state index in [-0.39, 0.29) is 25.8 Å². The molecule has 0 radical (unpaired) electrons. The van der Waals surface area contributed by atoms with E-state index in [4.69, 9.17) is 0 Å². The molecule has 0 unspecified atom stereocenters. The van der Waals surface area contributed by atoms with Crippen LogP contribution >= 0.6 is 0 Å². The molecule has 1 aliphatic carbocycles. The summed E-state index contributed by atoms with van der Waals surface area (Å²) < 4.78 is 1.29. The summed E-state index contributed by atoms with van der Waals surface area (Å²) in [6, 6.07) is 14.2. The Hall–Kier alpha value is -2.27. The van der Waals surface area contributed by atoms with Gasteiger partial charge in [-0.1, -0.05) is 0 Å². The van der Waals surface area contributed by atoms with Crippen molar-refractivity contribution in [3.8, 4) is 10.7 Å². The van der Waals surface area contributed by atoms with E-state index in [0.29, 0.717) is 5.57 Å². The van der Waals surface area contributed by atoms with E-state index in [1.165, 1.54) is 40.1 Å². The van der Waals surface area contributed by atoms with Gasteiger partial charge in [0.2, 0.25) is 0 Å². The first-order chi connectivity index (χ1) is 13.6. The quantitative estimate of drug-likeness (QED) is 0.414. The van der Waals surface area contributed by atoms with Crippen molar-refractivity contribution in [2.45, 2.75) is 58.3 Å². The second kappa shape index (κ2) is 8.23. The number of carbonyl (C=O) groups is 1. The maximum absolute atomic E-state index is 11.2. The van der Waals surface area contributed by atoms with Crippen molar-refractivity contribution < 1.29 is 9.90 Å². The fraction of sp³-hybridized carbons (Fsp3) is 0.346. The van der Waals surface area contributed by atoms with Crippen molar-refractivity contribution in [2.75, 3.05) is 0 Å². The molecule has 0 saturated heterocycles. The second-order valence-electron chi connectivity index (χ2n) is 9.02. The first-order valence-corrected chi connectivity index (χ1v) is 11.6. The van der Waals surface area contributed by atoms with E-state index in [0.717, 1.165) is 5.56 Å². The third-order valence-corrected chi connectivity index (χ3v) is 7.66. The predicted octanol–water partition coefficient (Wildman–Crippen LogP) is 4.80. The second-order valence-corrected chi connectivity index (χ2v) is 10.8. The molecule has 0 bridgehead atoms. The van der Waals surface area contributed by atoms with Gasteiger partial charge in [0, 0.05) is 0 Å². The molecule has 150 valence electrons. The minimum absolute atomic E-state index is 0.0385. The van der Waals surface area contributed by atoms with Gasteiger partial charge in [-0.2, -0.15) is 0 Å². The molecule has 2 nitrogen and oxygen atoms in total. The van der Waals surface area contributed by atoms with Crippen LogP contribution in [0, 0.1) is 17.7 Å². The van der Waals surface area contributed by atoms with Crippen LogP contribution in [0.2, 0.25) is 0 Å². The summed E-state index contributed by atoms with van der Waals surface area (Å²) in [6.45, 7) is 11.5. The molecule has 0 heterocycles. The van der Waals surface area contributed by atoms with Crippen LogP contribution in [-0.2, 0) is 15.6 Å². The Balaban J connectivity index is 1.95. The zero-order valence-electron chi connectivity index (χ0n) is 17.8. The standard InChI is InChI=1S/C26H28O2Se/c1-18-15-21-22(26(4,5)13-12-25(21,2)3)17-23(18)29-14-11-20(16-24(27)28)19-9-7-6-8-10-19/h6-10,15-17H,12-13H2,1-5H3,(H,27,28). The summed E-state index contributed by atoms with van der Waals surface area (Å²) in [5, 5.41) is 9.21. The van der Waals surface area contributed by atoms with E-state index < -0.39 is 5.97 Å². The number of rotatable bonds is 3. The molecule has 3 heteroatoms. The van der Waals surface area contributed by atoms with Crippen LogP contribution in [0.15, 0.2) is 48.5 Å². The molecule has 3 rings (SSSR count). The van der Waals surface area contributed by atoms with Gasteiger partial charge in [-0.25, -0.2) is 0 Å². The van der Waals surface area contributed by atoms with E-state index in [2.05, 4.69) is 57.5 Å². The molecule has 0 aliphatic heterocycles. The Kier molecular flexibility index (Phi) is 6.08. The van der Waals surface area contributed by atoms with Crippen LogP contribution in [0.5, 0.6) is 0 Å². The van der Waals surface area contributed by atoms with Crippen LogP contribution < -0.4 is 4.46 Å². The topological polar surface area (TPSA) is 37.3 Å². The number of aryl methyl sites for hydroxylation is 1. The van der Waals surface area contributed by atoms with Gasteiger partial charge < -0.3 is 0 Å². The summed E-state index contributed by atoms with van der Waals surface area (Å²) in [5.41, 5.74) is 5.97. The van der Waals surface area contributed by atoms with Crippen molar-refractivity contribution in [2.24, 2.45) is 0 Å². The molecule has 0 aromatic heterocycles. The van der Waals surface area contributed by atoms with Crippen molar-refractivity contribution in [3.05, 3.63) is 70.8 Å². The fourth-order valence-corrected chi connectivity index (χ4v) is 5.28. The van der Waals surface area contributed by atoms with Crippen LogP contribution in [-0.4, -0.2) is 26.0 Å². The summed E-state index contributed by atoms with van der Waals surface area (Å²) in [4.78, 5) is 14.5. The van der Waals surface area contributed by atoms with Gasteiger partial charge >= 0.3 is 181 Å². The number of benzene rings is 2. The molecular weight excluding hydrogens is 423 g/mol. The van der Waals surface area contributed by atoms with Gasteiger partial charge in [-0.3, -0.25) is 0 Å². The predicted molar refractivity (Wildman–Crippen MR) is 122 cm³/mol. The monoisotopic (exact) mass is 452 g/mol. The number of carboxylic acid groups (broad SMARTS) is 1. The van der Waals surface area contributed by atoms with Crippen molar-refractivity contribution in [3.63, 3.8) is 0 Å². The van der Waals surface area contributed by atoms with Crippen LogP contribution in [0.3, 0.4) is 0 Å². The van der Waals surface area contributed by atoms with E-state index in [1.807, 2.05) is 30.3 Å². The summed E-state index contributed by atoms with van der Waals surface area (Å²) >= 11 is -0.0385. The number of aliphatic carboxylic acids is 1. The molecule has 0 amide bonds. The molecule has 1 aliphatic rings. The molecule has 2 aromatic carbocycles. The maximum atomic E-state index is 11.2. The average molecular weight is 451 g/mol. The Morgan fingerprint density at radius 3 is 2.21 bits per heavy atom. The Morgan fingerprint density at radius 2 is 1.62 bits per heavy atom. The zero-order chi connectivity index (χ0) is 21.2. The van der Waals surface area contributed by atoms with Gasteiger partial charge in [0.05, 0.1) is 0 Å². The van der Waals surface area contributed by atoms with Gasteiger partial charge in [0.25, 0.3) is 0 Å². The van der Waals surface area contributed by atoms with Crippen LogP contribution in [0.25, 0.3) is 5.57 Å². The Bertz CT molecular complexity index is 1020. The van der Waals surface area contributed by atoms with Gasteiger partial charge in [0.1, 0.15) is 0 Å². The first-order valence-electron chi connectivity index (χ1n) is 9.94. The molecular formula is C26H28O2Se. The zero-order valence-corrected chi connectivity index (χ0v) is 19.5. The van der Waals surface area contributed by atoms with Crippen molar-refractivity contribution >= 4 is 31.0 Å². The number of hydrogen-bond acceptors (Lipinski definition) is 1. The number of allylic oxidation sites excluding steroid dienone is 1. The molecule has 2 aromatic rings. The normalized spacial score (nSPS) is 17.1. The van der Waals surface area contributed by atoms with E-state index in [9.17, 15) is 9.90 Å². The number of hydrogen-bond donors (Lipinski definition) is 1. The van der Waals surface area contributed by atoms with Crippen molar-refractivity contribution in [1.82, 2.24) is 0 Å². The first kappa shape index (κ1) is 21.4. The van der Waals surface area contributed by atoms with Crippen LogP contribution in [0.1, 0.15) is 62.8 Å². The summed E-state index contributed by atoms with van der Waals surface area (Å²) in [5.74, 6) is 2.15.